The molecule has 8 nitrogen and oxygen atoms in total. The second-order valence-corrected chi connectivity index (χ2v) is 12.0. The third kappa shape index (κ3) is 6.58. The average Bonchev–Trinajstić information content (AvgIpc) is 3.43. The van der Waals surface area contributed by atoms with E-state index in [1.165, 1.54) is 0 Å². The summed E-state index contributed by atoms with van der Waals surface area (Å²) in [4.78, 5) is 26.2. The topological polar surface area (TPSA) is 100 Å². The Kier molecular flexibility index (Phi) is 8.61. The van der Waals surface area contributed by atoms with Gasteiger partial charge >= 0.3 is 13.2 Å². The minimum atomic E-state index is -1.16. The molecule has 2 aliphatic heterocycles. The first kappa shape index (κ1) is 29.0. The van der Waals surface area contributed by atoms with Gasteiger partial charge in [0.15, 0.2) is 0 Å². The lowest BCUT2D eigenvalue weighted by Gasteiger charge is -2.32. The van der Waals surface area contributed by atoms with Crippen LogP contribution in [0.1, 0.15) is 60.8 Å². The van der Waals surface area contributed by atoms with Gasteiger partial charge in [0.1, 0.15) is 6.04 Å². The van der Waals surface area contributed by atoms with Gasteiger partial charge in [0.2, 0.25) is 5.91 Å². The van der Waals surface area contributed by atoms with E-state index in [9.17, 15) is 9.59 Å². The van der Waals surface area contributed by atoms with Crippen molar-refractivity contribution in [2.24, 2.45) is 5.92 Å². The molecular formula is C30H42BN3O5. The molecule has 2 amide bonds. The van der Waals surface area contributed by atoms with Crippen LogP contribution in [0.15, 0.2) is 48.5 Å². The number of nitrogens with one attached hydrogen (secondary N) is 2. The Morgan fingerprint density at radius 2 is 1.72 bits per heavy atom. The number of hydrogen-bond donors (Lipinski definition) is 3. The van der Waals surface area contributed by atoms with Crippen LogP contribution in [0.4, 0.5) is 10.5 Å². The lowest BCUT2D eigenvalue weighted by molar-refractivity contribution is -0.135. The highest BCUT2D eigenvalue weighted by Gasteiger charge is 2.51. The smallest absolute Gasteiger partial charge is 0.465 e. The molecule has 9 heteroatoms. The summed E-state index contributed by atoms with van der Waals surface area (Å²) in [5.74, 6) is -0.234. The van der Waals surface area contributed by atoms with E-state index < -0.39 is 12.1 Å². The number of rotatable bonds is 9. The van der Waals surface area contributed by atoms with Gasteiger partial charge in [-0.15, -0.1) is 0 Å². The van der Waals surface area contributed by atoms with Crippen molar-refractivity contribution in [2.75, 3.05) is 18.4 Å². The molecule has 3 N–H and O–H groups in total. The number of benzene rings is 2. The molecule has 39 heavy (non-hydrogen) atoms. The summed E-state index contributed by atoms with van der Waals surface area (Å²) in [5, 5.41) is 15.1. The van der Waals surface area contributed by atoms with Crippen LogP contribution in [0, 0.1) is 5.92 Å². The van der Waals surface area contributed by atoms with E-state index in [2.05, 4.69) is 74.7 Å². The lowest BCUT2D eigenvalue weighted by Crippen LogP contribution is -2.52. The second kappa shape index (κ2) is 11.6. The van der Waals surface area contributed by atoms with E-state index in [4.69, 9.17) is 14.4 Å². The fraction of sp³-hybridized carbons (Fsp3) is 0.533. The van der Waals surface area contributed by atoms with Gasteiger partial charge in [0, 0.05) is 24.8 Å². The Hall–Kier alpha value is -3.04. The maximum Gasteiger partial charge on any atom is 0.494 e. The highest BCUT2D eigenvalue weighted by molar-refractivity contribution is 6.62. The third-order valence-electron chi connectivity index (χ3n) is 8.31. The normalized spacial score (nSPS) is 20.7. The zero-order valence-electron chi connectivity index (χ0n) is 24.0. The van der Waals surface area contributed by atoms with E-state index in [1.54, 1.807) is 0 Å². The van der Waals surface area contributed by atoms with E-state index in [1.807, 2.05) is 30.9 Å². The number of amides is 2. The van der Waals surface area contributed by atoms with Crippen molar-refractivity contribution in [1.82, 2.24) is 10.2 Å². The molecule has 2 aromatic carbocycles. The average molecular weight is 535 g/mol. The molecular weight excluding hydrogens is 493 g/mol. The maximum absolute atomic E-state index is 13.1. The molecule has 0 radical (unpaired) electrons. The molecule has 0 aromatic heterocycles. The predicted octanol–water partition coefficient (Wildman–Crippen LogP) is 4.74. The quantitative estimate of drug-likeness (QED) is 0.402. The van der Waals surface area contributed by atoms with Gasteiger partial charge in [-0.2, -0.15) is 0 Å². The molecule has 4 rings (SSSR count). The molecule has 2 fully saturated rings. The minimum absolute atomic E-state index is 0.104. The number of likely N-dealkylation sites (tertiary alicyclic amines) is 1. The van der Waals surface area contributed by atoms with Crippen LogP contribution < -0.4 is 16.1 Å². The molecule has 2 heterocycles. The monoisotopic (exact) mass is 535 g/mol. The largest absolute Gasteiger partial charge is 0.494 e. The van der Waals surface area contributed by atoms with Gasteiger partial charge in [-0.05, 0) is 81.6 Å². The van der Waals surface area contributed by atoms with Crippen LogP contribution in [0.25, 0.3) is 11.1 Å². The number of anilines is 1. The van der Waals surface area contributed by atoms with Crippen LogP contribution in [-0.2, 0) is 14.1 Å². The first-order chi connectivity index (χ1) is 18.4. The van der Waals surface area contributed by atoms with Crippen molar-refractivity contribution in [2.45, 2.75) is 84.1 Å². The maximum atomic E-state index is 13.1. The molecule has 0 saturated carbocycles. The van der Waals surface area contributed by atoms with Crippen molar-refractivity contribution in [3.05, 3.63) is 48.5 Å². The van der Waals surface area contributed by atoms with Crippen molar-refractivity contribution in [3.63, 3.8) is 0 Å². The molecule has 2 atom stereocenters. The summed E-state index contributed by atoms with van der Waals surface area (Å²) in [5.41, 5.74) is 3.50. The number of nitrogens with zero attached hydrogens (tertiary/aromatic N) is 1. The van der Waals surface area contributed by atoms with Gasteiger partial charge in [-0.3, -0.25) is 4.79 Å². The summed E-state index contributed by atoms with van der Waals surface area (Å²) in [6, 6.07) is 16.0. The first-order valence-corrected chi connectivity index (χ1v) is 14.0. The Labute approximate surface area is 232 Å². The fourth-order valence-corrected chi connectivity index (χ4v) is 5.25. The summed E-state index contributed by atoms with van der Waals surface area (Å²) >= 11 is 0. The third-order valence-corrected chi connectivity index (χ3v) is 8.31. The van der Waals surface area contributed by atoms with E-state index >= 15 is 0 Å². The SMILES string of the molecule is CC(C)C(NC(=O)O)C(=O)N1CCCC1CCNc1cccc(-c2ccc(B3OC(C)(C)C(C)(C)O3)cc2)c1. The van der Waals surface area contributed by atoms with E-state index in [-0.39, 0.29) is 36.2 Å². The van der Waals surface area contributed by atoms with Crippen molar-refractivity contribution < 1.29 is 24.0 Å². The number of carboxylic acid groups (broad SMARTS) is 1. The molecule has 2 aromatic rings. The number of carbonyl (C=O) groups is 2. The van der Waals surface area contributed by atoms with Crippen molar-refractivity contribution in [3.8, 4) is 11.1 Å². The van der Waals surface area contributed by atoms with Crippen LogP contribution in [0.3, 0.4) is 0 Å². The van der Waals surface area contributed by atoms with Gasteiger partial charge in [0.05, 0.1) is 11.2 Å². The van der Waals surface area contributed by atoms with Crippen LogP contribution in [0.2, 0.25) is 0 Å². The Bertz CT molecular complexity index is 1150. The van der Waals surface area contributed by atoms with Crippen molar-refractivity contribution in [1.29, 1.82) is 0 Å². The molecule has 0 aliphatic carbocycles. The molecule has 210 valence electrons. The van der Waals surface area contributed by atoms with E-state index in [0.29, 0.717) is 6.54 Å². The summed E-state index contributed by atoms with van der Waals surface area (Å²) in [6.45, 7) is 13.3. The standard InChI is InChI=1S/C30H42BN3O5/c1-20(2)26(33-28(36)37)27(35)34-18-8-11-25(34)16-17-32-24-10-7-9-22(19-24)21-12-14-23(15-13-21)31-38-29(3,4)30(5,6)39-31/h7,9-10,12-15,19-20,25-26,32-33H,8,11,16-18H2,1-6H3,(H,36,37). The Morgan fingerprint density at radius 1 is 1.05 bits per heavy atom. The van der Waals surface area contributed by atoms with Crippen LogP contribution >= 0.6 is 0 Å². The summed E-state index contributed by atoms with van der Waals surface area (Å²) in [6.07, 6.45) is 1.50. The highest BCUT2D eigenvalue weighted by Crippen LogP contribution is 2.36. The Balaban J connectivity index is 1.35. The van der Waals surface area contributed by atoms with Gasteiger partial charge < -0.3 is 29.9 Å². The van der Waals surface area contributed by atoms with Crippen LogP contribution in [0.5, 0.6) is 0 Å². The second-order valence-electron chi connectivity index (χ2n) is 12.0. The predicted molar refractivity (Wildman–Crippen MR) is 155 cm³/mol. The number of carbonyl (C=O) groups excluding carboxylic acids is 1. The minimum Gasteiger partial charge on any atom is -0.465 e. The van der Waals surface area contributed by atoms with Crippen molar-refractivity contribution >= 4 is 30.3 Å². The summed E-state index contributed by atoms with van der Waals surface area (Å²) < 4.78 is 12.4. The molecule has 0 spiro atoms. The van der Waals surface area contributed by atoms with Gasteiger partial charge in [-0.1, -0.05) is 50.2 Å². The molecule has 0 bridgehead atoms. The Morgan fingerprint density at radius 3 is 2.33 bits per heavy atom. The summed E-state index contributed by atoms with van der Waals surface area (Å²) in [7, 11) is -0.380. The van der Waals surface area contributed by atoms with Crippen LogP contribution in [-0.4, -0.2) is 65.5 Å². The van der Waals surface area contributed by atoms with E-state index in [0.717, 1.165) is 48.1 Å². The fourth-order valence-electron chi connectivity index (χ4n) is 5.25. The zero-order valence-corrected chi connectivity index (χ0v) is 24.0. The van der Waals surface area contributed by atoms with Gasteiger partial charge in [0.25, 0.3) is 0 Å². The molecule has 2 saturated heterocycles. The molecule has 2 unspecified atom stereocenters. The highest BCUT2D eigenvalue weighted by atomic mass is 16.7. The zero-order chi connectivity index (χ0) is 28.4. The van der Waals surface area contributed by atoms with Gasteiger partial charge in [-0.25, -0.2) is 4.79 Å². The molecule has 2 aliphatic rings. The lowest BCUT2D eigenvalue weighted by atomic mass is 9.78. The number of hydrogen-bond acceptors (Lipinski definition) is 5. The first-order valence-electron chi connectivity index (χ1n) is 14.0.